The standard InChI is InChI=1S/C12H12N2O4/c1-12(2,11(17)18)10-13-8(9(15)16)7-5-3-4-6-14(7)10/h3-6H,1-2H3,(H,15,16)(H,17,18). The van der Waals surface area contributed by atoms with Gasteiger partial charge in [-0.25, -0.2) is 9.78 Å². The average Bonchev–Trinajstić information content (AvgIpc) is 2.68. The molecular formula is C12H12N2O4. The molecule has 0 aromatic carbocycles. The van der Waals surface area contributed by atoms with E-state index in [2.05, 4.69) is 4.98 Å². The second-order valence-electron chi connectivity index (χ2n) is 4.48. The molecule has 0 unspecified atom stereocenters. The van der Waals surface area contributed by atoms with Gasteiger partial charge in [-0.15, -0.1) is 0 Å². The van der Waals surface area contributed by atoms with Crippen molar-refractivity contribution in [2.24, 2.45) is 0 Å². The van der Waals surface area contributed by atoms with E-state index in [0.29, 0.717) is 5.52 Å². The smallest absolute Gasteiger partial charge is 0.356 e. The van der Waals surface area contributed by atoms with Crippen LogP contribution in [-0.2, 0) is 10.2 Å². The number of aliphatic carboxylic acids is 1. The molecular weight excluding hydrogens is 236 g/mol. The summed E-state index contributed by atoms with van der Waals surface area (Å²) in [4.78, 5) is 26.3. The molecule has 94 valence electrons. The van der Waals surface area contributed by atoms with Crippen LogP contribution in [-0.4, -0.2) is 31.5 Å². The van der Waals surface area contributed by atoms with Crippen molar-refractivity contribution in [1.82, 2.24) is 9.38 Å². The van der Waals surface area contributed by atoms with Gasteiger partial charge in [0.2, 0.25) is 0 Å². The van der Waals surface area contributed by atoms with Gasteiger partial charge in [-0.05, 0) is 26.0 Å². The van der Waals surface area contributed by atoms with Crippen LogP contribution in [0.25, 0.3) is 5.52 Å². The number of imidazole rings is 1. The Labute approximate surface area is 103 Å². The third kappa shape index (κ3) is 1.62. The van der Waals surface area contributed by atoms with Crippen LogP contribution in [0.4, 0.5) is 0 Å². The minimum absolute atomic E-state index is 0.139. The summed E-state index contributed by atoms with van der Waals surface area (Å²) in [5.74, 6) is -2.04. The summed E-state index contributed by atoms with van der Waals surface area (Å²) < 4.78 is 1.50. The van der Waals surface area contributed by atoms with E-state index in [1.807, 2.05) is 0 Å². The molecule has 0 bridgehead atoms. The summed E-state index contributed by atoms with van der Waals surface area (Å²) in [6.07, 6.45) is 1.61. The van der Waals surface area contributed by atoms with Gasteiger partial charge in [-0.2, -0.15) is 0 Å². The Morgan fingerprint density at radius 1 is 1.28 bits per heavy atom. The van der Waals surface area contributed by atoms with Crippen molar-refractivity contribution in [2.75, 3.05) is 0 Å². The lowest BCUT2D eigenvalue weighted by Crippen LogP contribution is -2.31. The maximum Gasteiger partial charge on any atom is 0.356 e. The molecule has 6 heteroatoms. The van der Waals surface area contributed by atoms with Crippen molar-refractivity contribution in [3.8, 4) is 0 Å². The molecule has 2 aromatic heterocycles. The van der Waals surface area contributed by atoms with Crippen LogP contribution < -0.4 is 0 Å². The lowest BCUT2D eigenvalue weighted by Gasteiger charge is -2.17. The van der Waals surface area contributed by atoms with Crippen LogP contribution in [0.2, 0.25) is 0 Å². The fraction of sp³-hybridized carbons (Fsp3) is 0.250. The van der Waals surface area contributed by atoms with E-state index in [1.54, 1.807) is 24.4 Å². The SMILES string of the molecule is CC(C)(C(=O)O)c1nc(C(=O)O)c2ccccn12. The average molecular weight is 248 g/mol. The van der Waals surface area contributed by atoms with Crippen molar-refractivity contribution in [3.05, 3.63) is 35.9 Å². The van der Waals surface area contributed by atoms with Gasteiger partial charge in [0, 0.05) is 6.20 Å². The van der Waals surface area contributed by atoms with Gasteiger partial charge in [0.25, 0.3) is 0 Å². The molecule has 0 aliphatic carbocycles. The highest BCUT2D eigenvalue weighted by Crippen LogP contribution is 2.25. The number of carboxylic acid groups (broad SMARTS) is 2. The van der Waals surface area contributed by atoms with Crippen LogP contribution >= 0.6 is 0 Å². The normalized spacial score (nSPS) is 11.7. The summed E-state index contributed by atoms with van der Waals surface area (Å²) in [6, 6.07) is 4.97. The van der Waals surface area contributed by atoms with E-state index in [9.17, 15) is 14.7 Å². The number of rotatable bonds is 3. The third-order valence-corrected chi connectivity index (χ3v) is 2.84. The molecule has 0 fully saturated rings. The zero-order chi connectivity index (χ0) is 13.5. The largest absolute Gasteiger partial charge is 0.481 e. The number of hydrogen-bond acceptors (Lipinski definition) is 3. The Bertz CT molecular complexity index is 643. The zero-order valence-corrected chi connectivity index (χ0v) is 9.91. The first-order chi connectivity index (χ1) is 8.35. The van der Waals surface area contributed by atoms with Crippen LogP contribution in [0.1, 0.15) is 30.2 Å². The molecule has 0 spiro atoms. The van der Waals surface area contributed by atoms with Crippen molar-refractivity contribution < 1.29 is 19.8 Å². The molecule has 0 atom stereocenters. The number of carbonyl (C=O) groups is 2. The highest BCUT2D eigenvalue weighted by molar-refractivity contribution is 5.94. The number of hydrogen-bond donors (Lipinski definition) is 2. The molecule has 0 amide bonds. The number of aromatic nitrogens is 2. The number of aromatic carboxylic acids is 1. The first-order valence-corrected chi connectivity index (χ1v) is 5.30. The summed E-state index contributed by atoms with van der Waals surface area (Å²) >= 11 is 0. The molecule has 0 radical (unpaired) electrons. The van der Waals surface area contributed by atoms with E-state index in [-0.39, 0.29) is 11.5 Å². The highest BCUT2D eigenvalue weighted by Gasteiger charge is 2.35. The molecule has 2 N–H and O–H groups in total. The van der Waals surface area contributed by atoms with Gasteiger partial charge in [-0.3, -0.25) is 4.79 Å². The summed E-state index contributed by atoms with van der Waals surface area (Å²) in [7, 11) is 0. The molecule has 2 rings (SSSR count). The van der Waals surface area contributed by atoms with Gasteiger partial charge in [0.1, 0.15) is 11.2 Å². The Morgan fingerprint density at radius 2 is 1.94 bits per heavy atom. The van der Waals surface area contributed by atoms with Crippen molar-refractivity contribution in [1.29, 1.82) is 0 Å². The highest BCUT2D eigenvalue weighted by atomic mass is 16.4. The molecule has 2 aromatic rings. The summed E-state index contributed by atoms with van der Waals surface area (Å²) in [5.41, 5.74) is -1.02. The lowest BCUT2D eigenvalue weighted by atomic mass is 9.93. The Kier molecular flexibility index (Phi) is 2.58. The van der Waals surface area contributed by atoms with E-state index in [0.717, 1.165) is 0 Å². The third-order valence-electron chi connectivity index (χ3n) is 2.84. The van der Waals surface area contributed by atoms with E-state index < -0.39 is 17.4 Å². The van der Waals surface area contributed by atoms with Crippen molar-refractivity contribution in [2.45, 2.75) is 19.3 Å². The van der Waals surface area contributed by atoms with Gasteiger partial charge < -0.3 is 14.6 Å². The minimum Gasteiger partial charge on any atom is -0.481 e. The fourth-order valence-electron chi connectivity index (χ4n) is 1.73. The predicted octanol–water partition coefficient (Wildman–Crippen LogP) is 1.39. The maximum atomic E-state index is 11.2. The number of carboxylic acids is 2. The first-order valence-electron chi connectivity index (χ1n) is 5.30. The molecule has 2 heterocycles. The number of pyridine rings is 1. The molecule has 0 saturated carbocycles. The fourth-order valence-corrected chi connectivity index (χ4v) is 1.73. The molecule has 18 heavy (non-hydrogen) atoms. The molecule has 0 saturated heterocycles. The number of fused-ring (bicyclic) bond motifs is 1. The van der Waals surface area contributed by atoms with E-state index in [1.165, 1.54) is 18.2 Å². The summed E-state index contributed by atoms with van der Waals surface area (Å²) in [6.45, 7) is 2.98. The monoisotopic (exact) mass is 248 g/mol. The number of nitrogens with zero attached hydrogens (tertiary/aromatic N) is 2. The Morgan fingerprint density at radius 3 is 2.50 bits per heavy atom. The van der Waals surface area contributed by atoms with Crippen molar-refractivity contribution in [3.63, 3.8) is 0 Å². The van der Waals surface area contributed by atoms with Crippen LogP contribution in [0, 0.1) is 0 Å². The summed E-state index contributed by atoms with van der Waals surface area (Å²) in [5, 5.41) is 18.3. The van der Waals surface area contributed by atoms with Crippen LogP contribution in [0.15, 0.2) is 24.4 Å². The Hall–Kier alpha value is -2.37. The molecule has 0 aliphatic heterocycles. The molecule has 6 nitrogen and oxygen atoms in total. The second-order valence-corrected chi connectivity index (χ2v) is 4.48. The topological polar surface area (TPSA) is 91.9 Å². The van der Waals surface area contributed by atoms with Gasteiger partial charge >= 0.3 is 11.9 Å². The second kappa shape index (κ2) is 3.83. The quantitative estimate of drug-likeness (QED) is 0.856. The molecule has 0 aliphatic rings. The minimum atomic E-state index is -1.27. The first kappa shape index (κ1) is 12.1. The maximum absolute atomic E-state index is 11.2. The van der Waals surface area contributed by atoms with E-state index in [4.69, 9.17) is 5.11 Å². The van der Waals surface area contributed by atoms with Gasteiger partial charge in [0.15, 0.2) is 5.69 Å². The van der Waals surface area contributed by atoms with Crippen molar-refractivity contribution >= 4 is 17.5 Å². The van der Waals surface area contributed by atoms with Gasteiger partial charge in [-0.1, -0.05) is 6.07 Å². The lowest BCUT2D eigenvalue weighted by molar-refractivity contribution is -0.142. The van der Waals surface area contributed by atoms with Gasteiger partial charge in [0.05, 0.1) is 5.52 Å². The van der Waals surface area contributed by atoms with E-state index >= 15 is 0 Å². The zero-order valence-electron chi connectivity index (χ0n) is 9.91. The predicted molar refractivity (Wildman–Crippen MR) is 62.8 cm³/mol. The Balaban J connectivity index is 2.81. The van der Waals surface area contributed by atoms with Crippen LogP contribution in [0.3, 0.4) is 0 Å². The van der Waals surface area contributed by atoms with Crippen LogP contribution in [0.5, 0.6) is 0 Å².